The van der Waals surface area contributed by atoms with Crippen LogP contribution in [0.3, 0.4) is 0 Å². The van der Waals surface area contributed by atoms with Gasteiger partial charge in [-0.25, -0.2) is 0 Å². The maximum absolute atomic E-state index is 10.8. The highest BCUT2D eigenvalue weighted by molar-refractivity contribution is 5.25. The first-order valence-corrected chi connectivity index (χ1v) is 19.9. The summed E-state index contributed by atoms with van der Waals surface area (Å²) in [5.41, 5.74) is 2.14. The molecule has 2 heterocycles. The minimum absolute atomic E-state index is 0.105. The zero-order valence-electron chi connectivity index (χ0n) is 31.2. The zero-order valence-corrected chi connectivity index (χ0v) is 31.2. The van der Waals surface area contributed by atoms with Crippen LogP contribution >= 0.6 is 0 Å². The largest absolute Gasteiger partial charge is 0.388 e. The number of ether oxygens (including phenoxy) is 4. The molecule has 0 amide bonds. The van der Waals surface area contributed by atoms with Gasteiger partial charge >= 0.3 is 0 Å². The fourth-order valence-electron chi connectivity index (χ4n) is 11.9. The lowest BCUT2D eigenvalue weighted by atomic mass is 9.47. The van der Waals surface area contributed by atoms with Crippen molar-refractivity contribution in [2.24, 2.45) is 52.3 Å². The Morgan fingerprint density at radius 1 is 0.837 bits per heavy atom. The average Bonchev–Trinajstić information content (AvgIpc) is 3.56. The van der Waals surface area contributed by atoms with Crippen LogP contribution in [-0.4, -0.2) is 93.6 Å². The van der Waals surface area contributed by atoms with E-state index in [1.807, 2.05) is 0 Å². The number of aliphatic hydroxyl groups excluding tert-OH is 5. The van der Waals surface area contributed by atoms with Crippen molar-refractivity contribution < 1.29 is 44.5 Å². The Morgan fingerprint density at radius 3 is 2.29 bits per heavy atom. The third-order valence-corrected chi connectivity index (χ3v) is 15.2. The highest BCUT2D eigenvalue weighted by Gasteiger charge is 2.59. The van der Waals surface area contributed by atoms with Gasteiger partial charge in [0.05, 0.1) is 18.8 Å². The minimum Gasteiger partial charge on any atom is -0.388 e. The molecule has 6 rings (SSSR count). The molecule has 5 fully saturated rings. The van der Waals surface area contributed by atoms with E-state index in [2.05, 4.69) is 47.6 Å². The first kappa shape index (κ1) is 38.1. The Balaban J connectivity index is 1.04. The standard InChI is InChI=1S/C40H68O9/c1-8-24(21(2)3)10-9-22(4)28-13-14-29-27-12-11-25-19-26(15-17-39(25,6)30(27)16-18-40(28,29)7)48-38-35(44)33(42)31(49-38)20-46-37-36(45)34(43)32(41)23(5)47-37/h11,21-24,26-38,41-45H,8-10,12-20H2,1-7H3. The van der Waals surface area contributed by atoms with E-state index in [0.29, 0.717) is 11.3 Å². The fraction of sp³-hybridized carbons (Fsp3) is 0.950. The van der Waals surface area contributed by atoms with Gasteiger partial charge in [0.2, 0.25) is 0 Å². The van der Waals surface area contributed by atoms with Crippen molar-refractivity contribution in [2.45, 2.75) is 181 Å². The molecule has 0 radical (unpaired) electrons. The molecule has 0 aromatic heterocycles. The molecule has 4 aliphatic carbocycles. The molecular weight excluding hydrogens is 624 g/mol. The van der Waals surface area contributed by atoms with Gasteiger partial charge in [-0.3, -0.25) is 0 Å². The molecular formula is C40H68O9. The molecule has 0 spiro atoms. The van der Waals surface area contributed by atoms with Crippen LogP contribution in [0.15, 0.2) is 11.6 Å². The Labute approximate surface area is 295 Å². The van der Waals surface area contributed by atoms with Crippen LogP contribution in [0.1, 0.15) is 119 Å². The maximum atomic E-state index is 10.8. The summed E-state index contributed by atoms with van der Waals surface area (Å²) in [7, 11) is 0. The van der Waals surface area contributed by atoms with Gasteiger partial charge in [-0.15, -0.1) is 0 Å². The second-order valence-corrected chi connectivity index (χ2v) is 18.0. The van der Waals surface area contributed by atoms with Gasteiger partial charge in [-0.05, 0) is 117 Å². The van der Waals surface area contributed by atoms with Crippen molar-refractivity contribution in [3.8, 4) is 0 Å². The molecule has 282 valence electrons. The van der Waals surface area contributed by atoms with E-state index in [9.17, 15) is 25.5 Å². The third-order valence-electron chi connectivity index (χ3n) is 15.2. The van der Waals surface area contributed by atoms with Gasteiger partial charge in [0.15, 0.2) is 12.6 Å². The van der Waals surface area contributed by atoms with Crippen LogP contribution in [0.4, 0.5) is 0 Å². The fourth-order valence-corrected chi connectivity index (χ4v) is 11.9. The summed E-state index contributed by atoms with van der Waals surface area (Å²) in [5, 5.41) is 51.9. The van der Waals surface area contributed by atoms with E-state index in [0.717, 1.165) is 61.2 Å². The Bertz CT molecular complexity index is 1150. The van der Waals surface area contributed by atoms with Crippen molar-refractivity contribution in [2.75, 3.05) is 6.61 Å². The van der Waals surface area contributed by atoms with Crippen molar-refractivity contribution in [1.82, 2.24) is 0 Å². The van der Waals surface area contributed by atoms with Gasteiger partial charge in [-0.2, -0.15) is 0 Å². The number of hydrogen-bond donors (Lipinski definition) is 5. The molecule has 6 aliphatic rings. The smallest absolute Gasteiger partial charge is 0.186 e. The summed E-state index contributed by atoms with van der Waals surface area (Å²) in [6.07, 6.45) is 5.47. The second kappa shape index (κ2) is 15.0. The predicted molar refractivity (Wildman–Crippen MR) is 186 cm³/mol. The maximum Gasteiger partial charge on any atom is 0.186 e. The summed E-state index contributed by atoms with van der Waals surface area (Å²) < 4.78 is 23.5. The van der Waals surface area contributed by atoms with Gasteiger partial charge in [0.1, 0.15) is 36.6 Å². The van der Waals surface area contributed by atoms with E-state index in [4.69, 9.17) is 18.9 Å². The summed E-state index contributed by atoms with van der Waals surface area (Å²) in [4.78, 5) is 0. The Hall–Kier alpha value is -0.620. The Morgan fingerprint density at radius 2 is 1.57 bits per heavy atom. The van der Waals surface area contributed by atoms with Crippen molar-refractivity contribution >= 4 is 0 Å². The highest BCUT2D eigenvalue weighted by atomic mass is 16.7. The first-order chi connectivity index (χ1) is 23.2. The number of rotatable bonds is 11. The van der Waals surface area contributed by atoms with Gasteiger partial charge < -0.3 is 44.5 Å². The SMILES string of the molecule is CCC(CCC(C)C1CCC2C3CC=C4CC(OC5OC(COC6OC(C)C(O)C(O)C6O)C(O)C5O)CCC4(C)C3CCC12C)C(C)C. The van der Waals surface area contributed by atoms with Crippen molar-refractivity contribution in [1.29, 1.82) is 0 Å². The monoisotopic (exact) mass is 692 g/mol. The summed E-state index contributed by atoms with van der Waals surface area (Å²) in [5.74, 6) is 5.55. The number of aliphatic hydroxyl groups is 5. The molecule has 5 N–H and O–H groups in total. The normalized spacial score (nSPS) is 49.6. The van der Waals surface area contributed by atoms with E-state index in [1.165, 1.54) is 50.5 Å². The predicted octanol–water partition coefficient (Wildman–Crippen LogP) is 5.34. The second-order valence-electron chi connectivity index (χ2n) is 18.0. The molecule has 2 aliphatic heterocycles. The van der Waals surface area contributed by atoms with Crippen LogP contribution in [0, 0.1) is 52.3 Å². The molecule has 3 saturated carbocycles. The number of allylic oxidation sites excluding steroid dienone is 1. The molecule has 18 atom stereocenters. The Kier molecular flexibility index (Phi) is 11.7. The van der Waals surface area contributed by atoms with Crippen LogP contribution < -0.4 is 0 Å². The molecule has 9 heteroatoms. The summed E-state index contributed by atoms with van der Waals surface area (Å²) in [6, 6.07) is 0. The lowest BCUT2D eigenvalue weighted by Gasteiger charge is -2.58. The van der Waals surface area contributed by atoms with E-state index in [-0.39, 0.29) is 18.1 Å². The molecule has 2 saturated heterocycles. The van der Waals surface area contributed by atoms with Crippen molar-refractivity contribution in [3.63, 3.8) is 0 Å². The zero-order chi connectivity index (χ0) is 35.4. The van der Waals surface area contributed by atoms with E-state index < -0.39 is 55.3 Å². The number of fused-ring (bicyclic) bond motifs is 5. The van der Waals surface area contributed by atoms with Crippen LogP contribution in [0.2, 0.25) is 0 Å². The average molecular weight is 693 g/mol. The van der Waals surface area contributed by atoms with Gasteiger partial charge in [-0.1, -0.05) is 66.0 Å². The first-order valence-electron chi connectivity index (χ1n) is 19.9. The summed E-state index contributed by atoms with van der Waals surface area (Å²) >= 11 is 0. The van der Waals surface area contributed by atoms with E-state index >= 15 is 0 Å². The quantitative estimate of drug-likeness (QED) is 0.182. The van der Waals surface area contributed by atoms with Crippen molar-refractivity contribution in [3.05, 3.63) is 11.6 Å². The van der Waals surface area contributed by atoms with Crippen LogP contribution in [-0.2, 0) is 18.9 Å². The molecule has 18 unspecified atom stereocenters. The third kappa shape index (κ3) is 7.08. The van der Waals surface area contributed by atoms with E-state index in [1.54, 1.807) is 6.92 Å². The van der Waals surface area contributed by atoms with Gasteiger partial charge in [0, 0.05) is 0 Å². The van der Waals surface area contributed by atoms with Gasteiger partial charge in [0.25, 0.3) is 0 Å². The number of hydrogen-bond acceptors (Lipinski definition) is 9. The van der Waals surface area contributed by atoms with Crippen LogP contribution in [0.5, 0.6) is 0 Å². The molecule has 0 aromatic carbocycles. The van der Waals surface area contributed by atoms with Crippen LogP contribution in [0.25, 0.3) is 0 Å². The highest BCUT2D eigenvalue weighted by Crippen LogP contribution is 2.67. The topological polar surface area (TPSA) is 138 Å². The molecule has 49 heavy (non-hydrogen) atoms. The summed E-state index contributed by atoms with van der Waals surface area (Å²) in [6.45, 7) is 16.3. The molecule has 0 bridgehead atoms. The lowest BCUT2D eigenvalue weighted by molar-refractivity contribution is -0.300. The molecule has 9 nitrogen and oxygen atoms in total. The minimum atomic E-state index is -1.45. The lowest BCUT2D eigenvalue weighted by Crippen LogP contribution is -2.57. The molecule has 0 aromatic rings.